The predicted octanol–water partition coefficient (Wildman–Crippen LogP) is 4.45. The first-order valence-corrected chi connectivity index (χ1v) is 19.1. The molecule has 0 fully saturated rings. The molecule has 4 heteroatoms. The number of fused-ring (bicyclic) bond motifs is 3. The van der Waals surface area contributed by atoms with Crippen molar-refractivity contribution in [1.29, 1.82) is 0 Å². The summed E-state index contributed by atoms with van der Waals surface area (Å²) in [5.74, 6) is 0. The monoisotopic (exact) mass is 678 g/mol. The van der Waals surface area contributed by atoms with Gasteiger partial charge in [-0.3, -0.25) is 6.08 Å². The summed E-state index contributed by atoms with van der Waals surface area (Å²) in [6.45, 7) is 20.8. The van der Waals surface area contributed by atoms with Crippen LogP contribution in [0.5, 0.6) is 0 Å². The third-order valence-corrected chi connectivity index (χ3v) is 9.77. The van der Waals surface area contributed by atoms with Crippen molar-refractivity contribution >= 4 is 33.3 Å². The molecule has 0 atom stereocenters. The van der Waals surface area contributed by atoms with Crippen molar-refractivity contribution in [2.24, 2.45) is 0 Å². The molecule has 0 spiro atoms. The van der Waals surface area contributed by atoms with Gasteiger partial charge < -0.3 is 24.8 Å². The van der Waals surface area contributed by atoms with Crippen LogP contribution in [0, 0.1) is 6.08 Å². The molecule has 0 unspecified atom stereocenters. The molecule has 4 aromatic carbocycles. The average Bonchev–Trinajstić information content (AvgIpc) is 3.52. The molecule has 5 rings (SSSR count). The Morgan fingerprint density at radius 2 is 1.27 bits per heavy atom. The van der Waals surface area contributed by atoms with E-state index in [4.69, 9.17) is 0 Å². The summed E-state index contributed by atoms with van der Waals surface area (Å²) in [6, 6.07) is 26.7. The van der Waals surface area contributed by atoms with Gasteiger partial charge in [0.25, 0.3) is 0 Å². The fourth-order valence-corrected chi connectivity index (χ4v) is 6.41. The molecule has 0 N–H and O–H groups in total. The Bertz CT molecular complexity index is 1390. The molecule has 0 saturated carbocycles. The van der Waals surface area contributed by atoms with E-state index in [0.717, 1.165) is 12.8 Å². The standard InChI is InChI=1S/C21H25.C8H13Si.C8H8.2ClH.Zr/c1-20(2,3)16-9-7-14-11-15-8-10-17(21(4,5)6)13-19(15)18(14)12-16;1-9(2,3)8-6-4-5-7-8;1-2-8-6-4-3-5-7-8;;;/h7-13H,1-6H3;6-7H,4H2,1-3H3;1,3-7H,2H2;2*1H;/q2*-1;;;;+2/p-2. The van der Waals surface area contributed by atoms with E-state index in [2.05, 4.69) is 150 Å². The molecule has 0 aliphatic heterocycles. The maximum absolute atomic E-state index is 3.20. The second kappa shape index (κ2) is 15.9. The van der Waals surface area contributed by atoms with Crippen molar-refractivity contribution in [1.82, 2.24) is 0 Å². The summed E-state index contributed by atoms with van der Waals surface area (Å²) in [4.78, 5) is 0. The summed E-state index contributed by atoms with van der Waals surface area (Å²) in [5, 5.41) is 7.04. The zero-order valence-corrected chi connectivity index (χ0v) is 31.3. The Morgan fingerprint density at radius 1 is 0.780 bits per heavy atom. The number of allylic oxidation sites excluding steroid dienone is 4. The zero-order chi connectivity index (χ0) is 28.8. The van der Waals surface area contributed by atoms with Crippen LogP contribution in [0.2, 0.25) is 19.6 Å². The van der Waals surface area contributed by atoms with Gasteiger partial charge in [0.1, 0.15) is 0 Å². The van der Waals surface area contributed by atoms with Crippen molar-refractivity contribution < 1.29 is 49.0 Å². The van der Waals surface area contributed by atoms with E-state index in [1.165, 1.54) is 62.5 Å². The minimum atomic E-state index is -0.981. The van der Waals surface area contributed by atoms with Crippen molar-refractivity contribution in [2.75, 3.05) is 0 Å². The number of halogens is 2. The first-order valence-electron chi connectivity index (χ1n) is 14.1. The second-order valence-corrected chi connectivity index (χ2v) is 19.7. The van der Waals surface area contributed by atoms with Gasteiger partial charge in [-0.15, -0.1) is 46.2 Å². The van der Waals surface area contributed by atoms with Gasteiger partial charge in [0.15, 0.2) is 0 Å². The molecule has 4 aromatic rings. The molecule has 218 valence electrons. The first-order chi connectivity index (χ1) is 18.2. The van der Waals surface area contributed by atoms with Gasteiger partial charge in [0.05, 0.1) is 0 Å². The predicted molar refractivity (Wildman–Crippen MR) is 175 cm³/mol. The Morgan fingerprint density at radius 3 is 1.61 bits per heavy atom. The molecule has 0 bridgehead atoms. The van der Waals surface area contributed by atoms with E-state index in [-0.39, 0.29) is 35.6 Å². The summed E-state index contributed by atoms with van der Waals surface area (Å²) >= 11 is 1.51. The van der Waals surface area contributed by atoms with Crippen LogP contribution in [-0.4, -0.2) is 11.8 Å². The van der Waals surface area contributed by atoms with Gasteiger partial charge in [0.2, 0.25) is 0 Å². The summed E-state index contributed by atoms with van der Waals surface area (Å²) in [5.41, 5.74) is 4.61. The van der Waals surface area contributed by atoms with Gasteiger partial charge in [-0.05, 0) is 18.9 Å². The first kappa shape index (κ1) is 37.6. The molecule has 0 amide bonds. The van der Waals surface area contributed by atoms with Crippen LogP contribution >= 0.6 is 0 Å². The van der Waals surface area contributed by atoms with E-state index < -0.39 is 8.07 Å². The summed E-state index contributed by atoms with van der Waals surface area (Å²) in [7, 11) is -0.981. The van der Waals surface area contributed by atoms with E-state index in [9.17, 15) is 0 Å². The Hall–Kier alpha value is -1.44. The molecule has 0 radical (unpaired) electrons. The normalized spacial score (nSPS) is 12.8. The van der Waals surface area contributed by atoms with Crippen molar-refractivity contribution in [3.63, 3.8) is 0 Å². The molecule has 0 aromatic heterocycles. The third kappa shape index (κ3) is 11.0. The van der Waals surface area contributed by atoms with Gasteiger partial charge in [-0.25, -0.2) is 11.3 Å². The van der Waals surface area contributed by atoms with E-state index in [1.807, 2.05) is 6.07 Å². The molecule has 0 heterocycles. The molecular formula is C37H46Cl2SiZr-2. The van der Waals surface area contributed by atoms with Crippen LogP contribution in [0.1, 0.15) is 64.7 Å². The van der Waals surface area contributed by atoms with Gasteiger partial charge in [-0.1, -0.05) is 96.6 Å². The topological polar surface area (TPSA) is 0 Å². The molecule has 0 nitrogen and oxygen atoms in total. The van der Waals surface area contributed by atoms with Gasteiger partial charge in [0, 0.05) is 0 Å². The van der Waals surface area contributed by atoms with E-state index >= 15 is 0 Å². The molecule has 0 saturated heterocycles. The quantitative estimate of drug-likeness (QED) is 0.222. The van der Waals surface area contributed by atoms with E-state index in [1.54, 1.807) is 5.20 Å². The Labute approximate surface area is 278 Å². The van der Waals surface area contributed by atoms with Crippen molar-refractivity contribution in [3.8, 4) is 0 Å². The Kier molecular flexibility index (Phi) is 14.5. The fraction of sp³-hybridized carbons (Fsp3) is 0.351. The van der Waals surface area contributed by atoms with Crippen molar-refractivity contribution in [2.45, 2.75) is 84.9 Å². The zero-order valence-electron chi connectivity index (χ0n) is 26.3. The third-order valence-electron chi connectivity index (χ3n) is 7.18. The molecule has 1 aliphatic rings. The van der Waals surface area contributed by atoms with Crippen LogP contribution in [0.25, 0.3) is 21.5 Å². The fourth-order valence-electron chi connectivity index (χ4n) is 4.58. The maximum atomic E-state index is 3.20. The SMILES string of the molecule is CC(C)(C)c1ccc2[cH-]c3ccc(C(C)(C)C)cc3c2c1.C[Si](C)(C)C1=CC[C-]=C1.[Cl-].[Cl-].[Zr+2]=[CH]Cc1ccccc1. The Balaban J connectivity index is 0.000000351. The van der Waals surface area contributed by atoms with Crippen LogP contribution in [0.15, 0.2) is 90.1 Å². The van der Waals surface area contributed by atoms with Crippen LogP contribution in [-0.2, 0) is 41.5 Å². The number of benzene rings is 3. The number of hydrogen-bond acceptors (Lipinski definition) is 0. The summed E-state index contributed by atoms with van der Waals surface area (Å²) < 4.78 is 2.25. The minimum absolute atomic E-state index is 0. The van der Waals surface area contributed by atoms with Gasteiger partial charge >= 0.3 is 70.3 Å². The average molecular weight is 681 g/mol. The molecule has 41 heavy (non-hydrogen) atoms. The summed E-state index contributed by atoms with van der Waals surface area (Å²) in [6.07, 6.45) is 9.82. The number of hydrogen-bond donors (Lipinski definition) is 0. The molecule has 1 aliphatic carbocycles. The number of rotatable bonds is 3. The van der Waals surface area contributed by atoms with Crippen LogP contribution in [0.3, 0.4) is 0 Å². The van der Waals surface area contributed by atoms with Crippen LogP contribution < -0.4 is 24.8 Å². The van der Waals surface area contributed by atoms with E-state index in [0.29, 0.717) is 0 Å². The van der Waals surface area contributed by atoms with Crippen LogP contribution in [0.4, 0.5) is 0 Å². The van der Waals surface area contributed by atoms with Crippen molar-refractivity contribution in [3.05, 3.63) is 113 Å². The molecular weight excluding hydrogens is 635 g/mol. The second-order valence-electron chi connectivity index (χ2n) is 13.6. The van der Waals surface area contributed by atoms with Gasteiger partial charge in [-0.2, -0.15) is 6.08 Å².